The van der Waals surface area contributed by atoms with E-state index in [1.54, 1.807) is 0 Å². The topological polar surface area (TPSA) is 64.4 Å². The van der Waals surface area contributed by atoms with Crippen LogP contribution in [0.5, 0.6) is 5.75 Å². The number of aryl methyl sites for hydroxylation is 2. The second-order valence-electron chi connectivity index (χ2n) is 4.70. The Bertz CT molecular complexity index is 633. The highest BCUT2D eigenvalue weighted by Crippen LogP contribution is 2.25. The zero-order chi connectivity index (χ0) is 15.4. The van der Waals surface area contributed by atoms with E-state index < -0.39 is 5.82 Å². The Kier molecular flexibility index (Phi) is 4.57. The van der Waals surface area contributed by atoms with Crippen LogP contribution in [-0.4, -0.2) is 18.2 Å². The van der Waals surface area contributed by atoms with Crippen LogP contribution in [0.2, 0.25) is 0 Å². The molecule has 0 spiro atoms. The van der Waals surface area contributed by atoms with Crippen LogP contribution in [0.15, 0.2) is 22.7 Å². The van der Waals surface area contributed by atoms with E-state index in [2.05, 4.69) is 10.5 Å². The lowest BCUT2D eigenvalue weighted by Gasteiger charge is -2.10. The zero-order valence-electron chi connectivity index (χ0n) is 12.2. The Hall–Kier alpha value is -2.37. The van der Waals surface area contributed by atoms with E-state index in [4.69, 9.17) is 9.26 Å². The third kappa shape index (κ3) is 3.59. The van der Waals surface area contributed by atoms with Crippen LogP contribution < -0.4 is 10.1 Å². The quantitative estimate of drug-likeness (QED) is 0.920. The first-order valence-corrected chi connectivity index (χ1v) is 6.56. The number of carbonyl (C=O) groups is 1. The SMILES string of the molecule is COc1cc(F)ccc1NC(=O)CCc1c(C)noc1C. The van der Waals surface area contributed by atoms with Gasteiger partial charge in [0.2, 0.25) is 5.91 Å². The number of anilines is 1. The minimum absolute atomic E-state index is 0.181. The molecule has 1 N–H and O–H groups in total. The van der Waals surface area contributed by atoms with E-state index in [9.17, 15) is 9.18 Å². The number of carbonyl (C=O) groups excluding carboxylic acids is 1. The van der Waals surface area contributed by atoms with Crippen LogP contribution in [0, 0.1) is 19.7 Å². The molecule has 1 heterocycles. The average Bonchev–Trinajstić information content (AvgIpc) is 2.77. The van der Waals surface area contributed by atoms with Crippen LogP contribution >= 0.6 is 0 Å². The molecule has 5 nitrogen and oxygen atoms in total. The fourth-order valence-electron chi connectivity index (χ4n) is 2.08. The maximum absolute atomic E-state index is 13.1. The smallest absolute Gasteiger partial charge is 0.224 e. The van der Waals surface area contributed by atoms with Crippen molar-refractivity contribution in [2.75, 3.05) is 12.4 Å². The van der Waals surface area contributed by atoms with Gasteiger partial charge in [-0.15, -0.1) is 0 Å². The van der Waals surface area contributed by atoms with Gasteiger partial charge in [-0.25, -0.2) is 4.39 Å². The Balaban J connectivity index is 1.99. The number of methoxy groups -OCH3 is 1. The maximum atomic E-state index is 13.1. The van der Waals surface area contributed by atoms with Gasteiger partial charge in [0.25, 0.3) is 0 Å². The second kappa shape index (κ2) is 6.39. The first-order valence-electron chi connectivity index (χ1n) is 6.56. The molecular formula is C15H17FN2O3. The maximum Gasteiger partial charge on any atom is 0.224 e. The standard InChI is InChI=1S/C15H17FN2O3/c1-9-12(10(2)21-18-9)5-7-15(19)17-13-6-4-11(16)8-14(13)20-3/h4,6,8H,5,7H2,1-3H3,(H,17,19). The van der Waals surface area contributed by atoms with Gasteiger partial charge in [-0.05, 0) is 32.4 Å². The summed E-state index contributed by atoms with van der Waals surface area (Å²) in [6.45, 7) is 3.66. The molecule has 0 aliphatic rings. The van der Waals surface area contributed by atoms with Crippen molar-refractivity contribution in [2.45, 2.75) is 26.7 Å². The molecule has 6 heteroatoms. The first-order chi connectivity index (χ1) is 10.0. The van der Waals surface area contributed by atoms with Crippen molar-refractivity contribution >= 4 is 11.6 Å². The van der Waals surface area contributed by atoms with E-state index in [0.717, 1.165) is 17.0 Å². The average molecular weight is 292 g/mol. The van der Waals surface area contributed by atoms with Gasteiger partial charge in [0, 0.05) is 18.1 Å². The normalized spacial score (nSPS) is 10.5. The van der Waals surface area contributed by atoms with Gasteiger partial charge in [-0.2, -0.15) is 0 Å². The van der Waals surface area contributed by atoms with Gasteiger partial charge in [0.1, 0.15) is 17.3 Å². The lowest BCUT2D eigenvalue weighted by Crippen LogP contribution is -2.13. The van der Waals surface area contributed by atoms with Crippen molar-refractivity contribution in [1.82, 2.24) is 5.16 Å². The van der Waals surface area contributed by atoms with Crippen molar-refractivity contribution in [3.8, 4) is 5.75 Å². The number of amides is 1. The zero-order valence-corrected chi connectivity index (χ0v) is 12.2. The van der Waals surface area contributed by atoms with Gasteiger partial charge >= 0.3 is 0 Å². The summed E-state index contributed by atoms with van der Waals surface area (Å²) in [5.41, 5.74) is 2.18. The molecule has 1 amide bonds. The van der Waals surface area contributed by atoms with Crippen LogP contribution in [0.3, 0.4) is 0 Å². The number of rotatable bonds is 5. The molecule has 1 aromatic heterocycles. The summed E-state index contributed by atoms with van der Waals surface area (Å²) in [5, 5.41) is 6.56. The van der Waals surface area contributed by atoms with Gasteiger partial charge in [0.05, 0.1) is 18.5 Å². The van der Waals surface area contributed by atoms with Gasteiger partial charge in [-0.3, -0.25) is 4.79 Å². The van der Waals surface area contributed by atoms with Gasteiger partial charge in [-0.1, -0.05) is 5.16 Å². The summed E-state index contributed by atoms with van der Waals surface area (Å²) in [5.74, 6) is 0.417. The summed E-state index contributed by atoms with van der Waals surface area (Å²) >= 11 is 0. The molecule has 0 fully saturated rings. The minimum Gasteiger partial charge on any atom is -0.494 e. The fourth-order valence-corrected chi connectivity index (χ4v) is 2.08. The monoisotopic (exact) mass is 292 g/mol. The predicted octanol–water partition coefficient (Wildman–Crippen LogP) is 3.01. The summed E-state index contributed by atoms with van der Waals surface area (Å²) in [6.07, 6.45) is 0.819. The molecule has 2 rings (SSSR count). The highest BCUT2D eigenvalue weighted by molar-refractivity contribution is 5.92. The lowest BCUT2D eigenvalue weighted by atomic mass is 10.1. The molecule has 0 aliphatic carbocycles. The Labute approximate surface area is 122 Å². The van der Waals surface area contributed by atoms with Crippen molar-refractivity contribution in [3.63, 3.8) is 0 Å². The Morgan fingerprint density at radius 3 is 2.81 bits per heavy atom. The second-order valence-corrected chi connectivity index (χ2v) is 4.70. The van der Waals surface area contributed by atoms with E-state index in [-0.39, 0.29) is 12.3 Å². The molecule has 2 aromatic rings. The molecule has 21 heavy (non-hydrogen) atoms. The summed E-state index contributed by atoms with van der Waals surface area (Å²) < 4.78 is 23.2. The van der Waals surface area contributed by atoms with Crippen LogP contribution in [-0.2, 0) is 11.2 Å². The molecule has 1 aromatic carbocycles. The van der Waals surface area contributed by atoms with Gasteiger partial charge in [0.15, 0.2) is 0 Å². The molecule has 0 radical (unpaired) electrons. The Morgan fingerprint density at radius 1 is 1.43 bits per heavy atom. The van der Waals surface area contributed by atoms with Crippen LogP contribution in [0.25, 0.3) is 0 Å². The predicted molar refractivity (Wildman–Crippen MR) is 75.9 cm³/mol. The first kappa shape index (κ1) is 15.0. The summed E-state index contributed by atoms with van der Waals surface area (Å²) in [6, 6.07) is 3.97. The number of hydrogen-bond donors (Lipinski definition) is 1. The molecule has 0 aliphatic heterocycles. The number of benzene rings is 1. The third-order valence-corrected chi connectivity index (χ3v) is 3.22. The number of aromatic nitrogens is 1. The van der Waals surface area contributed by atoms with Gasteiger partial charge < -0.3 is 14.6 Å². The molecule has 0 bridgehead atoms. The van der Waals surface area contributed by atoms with Crippen molar-refractivity contribution < 1.29 is 18.4 Å². The third-order valence-electron chi connectivity index (χ3n) is 3.22. The number of ether oxygens (including phenoxy) is 1. The minimum atomic E-state index is -0.416. The van der Waals surface area contributed by atoms with Crippen molar-refractivity contribution in [2.24, 2.45) is 0 Å². The molecule has 0 saturated heterocycles. The highest BCUT2D eigenvalue weighted by Gasteiger charge is 2.13. The van der Waals surface area contributed by atoms with E-state index in [1.807, 2.05) is 13.8 Å². The Morgan fingerprint density at radius 2 is 2.19 bits per heavy atom. The molecular weight excluding hydrogens is 275 g/mol. The molecule has 112 valence electrons. The number of nitrogens with one attached hydrogen (secondary N) is 1. The van der Waals surface area contributed by atoms with Crippen LogP contribution in [0.4, 0.5) is 10.1 Å². The summed E-state index contributed by atoms with van der Waals surface area (Å²) in [7, 11) is 1.42. The van der Waals surface area contributed by atoms with Crippen LogP contribution in [0.1, 0.15) is 23.4 Å². The van der Waals surface area contributed by atoms with E-state index in [0.29, 0.717) is 17.9 Å². The summed E-state index contributed by atoms with van der Waals surface area (Å²) in [4.78, 5) is 12.0. The largest absolute Gasteiger partial charge is 0.494 e. The molecule has 0 atom stereocenters. The fraction of sp³-hybridized carbons (Fsp3) is 0.333. The number of halogens is 1. The molecule has 0 unspecified atom stereocenters. The number of hydrogen-bond acceptors (Lipinski definition) is 4. The van der Waals surface area contributed by atoms with E-state index in [1.165, 1.54) is 25.3 Å². The highest BCUT2D eigenvalue weighted by atomic mass is 19.1. The lowest BCUT2D eigenvalue weighted by molar-refractivity contribution is -0.116. The van der Waals surface area contributed by atoms with E-state index >= 15 is 0 Å². The number of nitrogens with zero attached hydrogens (tertiary/aromatic N) is 1. The van der Waals surface area contributed by atoms with Crippen molar-refractivity contribution in [1.29, 1.82) is 0 Å². The molecule has 0 saturated carbocycles. The van der Waals surface area contributed by atoms with Crippen molar-refractivity contribution in [3.05, 3.63) is 41.0 Å².